The second kappa shape index (κ2) is 21.1. The molecular weight excluding hydrogens is 1080 g/mol. The molecule has 0 atom stereocenters. The van der Waals surface area contributed by atoms with Gasteiger partial charge >= 0.3 is 5.97 Å². The highest BCUT2D eigenvalue weighted by Crippen LogP contribution is 2.48. The molecule has 0 unspecified atom stereocenters. The molecule has 0 amide bonds. The molecule has 9 N–H and O–H groups in total. The van der Waals surface area contributed by atoms with Crippen LogP contribution in [-0.4, -0.2) is 132 Å². The highest BCUT2D eigenvalue weighted by Gasteiger charge is 2.32. The van der Waals surface area contributed by atoms with E-state index in [0.717, 1.165) is 55.6 Å². The number of aromatic hydroxyl groups is 2. The lowest BCUT2D eigenvalue weighted by molar-refractivity contribution is -0.385. The lowest BCUT2D eigenvalue weighted by Crippen LogP contribution is -2.09. The van der Waals surface area contributed by atoms with Crippen molar-refractivity contribution in [3.63, 3.8) is 0 Å². The minimum Gasteiger partial charge on any atom is -0.505 e. The van der Waals surface area contributed by atoms with E-state index >= 15 is 0 Å². The van der Waals surface area contributed by atoms with Crippen LogP contribution < -0.4 is 14.2 Å². The molecule has 36 heteroatoms. The number of carboxylic acid groups (broad SMARTS) is 1. The maximum atomic E-state index is 13.2. The highest BCUT2D eigenvalue weighted by molar-refractivity contribution is 7.87. The van der Waals surface area contributed by atoms with Gasteiger partial charge in [0, 0.05) is 41.1 Å². The number of rotatable bonds is 20. The van der Waals surface area contributed by atoms with Gasteiger partial charge in [-0.25, -0.2) is 4.79 Å². The molecule has 392 valence electrons. The summed E-state index contributed by atoms with van der Waals surface area (Å²) in [6, 6.07) is 7.91. The third-order valence-electron chi connectivity index (χ3n) is 9.67. The molecule has 0 aliphatic rings. The van der Waals surface area contributed by atoms with Crippen LogP contribution in [0.15, 0.2) is 111 Å². The van der Waals surface area contributed by atoms with E-state index in [0.29, 0.717) is 12.1 Å². The third kappa shape index (κ3) is 11.7. The minimum atomic E-state index is -5.71. The Morgan fingerprint density at radius 2 is 1.18 bits per heavy atom. The Bertz CT molecular complexity index is 3860. The highest BCUT2D eigenvalue weighted by atomic mass is 32.2. The number of fused-ring (bicyclic) bond motifs is 1. The zero-order chi connectivity index (χ0) is 54.8. The molecule has 0 saturated carbocycles. The van der Waals surface area contributed by atoms with Crippen molar-refractivity contribution in [1.29, 1.82) is 0 Å². The number of aromatic nitrogens is 2. The van der Waals surface area contributed by atoms with Crippen molar-refractivity contribution < 1.29 is 101 Å². The normalized spacial score (nSPS) is 12.6. The summed E-state index contributed by atoms with van der Waals surface area (Å²) in [5.41, 5.74) is -6.81. The summed E-state index contributed by atoms with van der Waals surface area (Å²) >= 11 is 0. The predicted molar refractivity (Wildman–Crippen MR) is 246 cm³/mol. The van der Waals surface area contributed by atoms with E-state index in [-0.39, 0.29) is 33.1 Å². The SMILES string of the molecule is COc1cc(S(=O)(=O)O)c(C)cc1/N=N/c1c(C(=O)O)nn(-c2ccc3c(O)c(/N=N/c4cc(OCCO)c(/N=N/c5ccc([N+](=O)[O-])cc5S(=O)(=O)O)cc4OCCO)c(S(=O)(=O)O)cc3c2S(=O)(=O)O)c1O. The van der Waals surface area contributed by atoms with Gasteiger partial charge in [-0.1, -0.05) is 0 Å². The molecule has 0 bridgehead atoms. The van der Waals surface area contributed by atoms with Crippen LogP contribution in [0.2, 0.25) is 0 Å². The van der Waals surface area contributed by atoms with E-state index in [1.54, 1.807) is 0 Å². The second-order valence-corrected chi connectivity index (χ2v) is 20.0. The number of benzene rings is 5. The lowest BCUT2D eigenvalue weighted by atomic mass is 10.1. The van der Waals surface area contributed by atoms with E-state index in [4.69, 9.17) is 14.2 Å². The first-order valence-electron chi connectivity index (χ1n) is 19.7. The summed E-state index contributed by atoms with van der Waals surface area (Å²) in [5, 5.41) is 87.8. The van der Waals surface area contributed by atoms with Crippen molar-refractivity contribution in [2.75, 3.05) is 33.5 Å². The second-order valence-electron chi connectivity index (χ2n) is 14.4. The molecule has 0 spiro atoms. The topological polar surface area (TPSA) is 499 Å². The number of phenols is 1. The van der Waals surface area contributed by atoms with Gasteiger partial charge in [0.1, 0.15) is 78.5 Å². The summed E-state index contributed by atoms with van der Waals surface area (Å²) in [5.74, 6) is -5.62. The van der Waals surface area contributed by atoms with Gasteiger partial charge < -0.3 is 39.7 Å². The van der Waals surface area contributed by atoms with Gasteiger partial charge in [0.05, 0.1) is 30.9 Å². The van der Waals surface area contributed by atoms with Gasteiger partial charge in [-0.2, -0.15) is 43.5 Å². The van der Waals surface area contributed by atoms with Crippen LogP contribution in [0.4, 0.5) is 39.8 Å². The van der Waals surface area contributed by atoms with Crippen molar-refractivity contribution in [2.45, 2.75) is 26.5 Å². The average Bonchev–Trinajstić information content (AvgIpc) is 3.64. The molecule has 6 aromatic rings. The fraction of sp³-hybridized carbons (Fsp3) is 0.158. The van der Waals surface area contributed by atoms with Crippen molar-refractivity contribution in [2.24, 2.45) is 30.7 Å². The summed E-state index contributed by atoms with van der Waals surface area (Å²) < 4.78 is 157. The number of aromatic carboxylic acids is 1. The number of nitro groups is 1. The fourth-order valence-electron chi connectivity index (χ4n) is 6.55. The number of phenolic OH excluding ortho intramolecular Hbond substituents is 1. The first-order valence-corrected chi connectivity index (χ1v) is 25.4. The number of hydrogen-bond donors (Lipinski definition) is 9. The number of non-ortho nitro benzene ring substituents is 1. The van der Waals surface area contributed by atoms with Crippen LogP contribution in [0.3, 0.4) is 0 Å². The van der Waals surface area contributed by atoms with Gasteiger partial charge in [0.15, 0.2) is 11.4 Å². The third-order valence-corrected chi connectivity index (χ3v) is 13.4. The summed E-state index contributed by atoms with van der Waals surface area (Å²) in [7, 11) is -20.2. The fourth-order valence-corrected chi connectivity index (χ4v) is 9.43. The number of nitro benzene ring substituents is 1. The maximum Gasteiger partial charge on any atom is 0.358 e. The molecule has 0 aliphatic heterocycles. The number of carboxylic acids is 1. The Morgan fingerprint density at radius 1 is 0.649 bits per heavy atom. The van der Waals surface area contributed by atoms with Crippen LogP contribution in [0, 0.1) is 17.0 Å². The number of nitrogens with zero attached hydrogens (tertiary/aromatic N) is 9. The van der Waals surface area contributed by atoms with Gasteiger partial charge in [-0.15, -0.1) is 30.7 Å². The molecule has 0 radical (unpaired) electrons. The maximum absolute atomic E-state index is 13.2. The molecule has 32 nitrogen and oxygen atoms in total. The zero-order valence-electron chi connectivity index (χ0n) is 37.0. The van der Waals surface area contributed by atoms with Crippen LogP contribution in [0.25, 0.3) is 16.5 Å². The predicted octanol–water partition coefficient (Wildman–Crippen LogP) is 5.34. The van der Waals surface area contributed by atoms with E-state index < -0.39 is 165 Å². The molecule has 0 saturated heterocycles. The summed E-state index contributed by atoms with van der Waals surface area (Å²) in [6.45, 7) is -1.04. The standard InChI is InChI=1S/C38H33N9O23S4/c1-17-11-22(26(68-2)16-29(17)71(56,57)58)41-44-33-34(38(52)53)45-46(37(33)51)25-6-4-19-20(36(25)74(65,66)67)13-31(73(62,63)64)32(35(19)50)43-42-24-15-27(69-9-7-48)23(14-28(24)70-10-8-49)40-39-21-5-3-18(47(54)55)12-30(21)72(59,60)61/h3-6,11-16,48-51H,7-10H2,1-2H3,(H,52,53)(H,56,57,58)(H,59,60,61)(H,62,63,64)(H,65,66,67)/b40-39+,43-42+,44-41+. The van der Waals surface area contributed by atoms with Crippen LogP contribution in [-0.2, 0) is 40.5 Å². The molecule has 6 rings (SSSR count). The van der Waals surface area contributed by atoms with E-state index in [2.05, 4.69) is 35.8 Å². The Hall–Kier alpha value is -8.20. The number of carbonyl (C=O) groups is 1. The number of aliphatic hydroxyl groups excluding tert-OH is 2. The van der Waals surface area contributed by atoms with Gasteiger partial charge in [-0.05, 0) is 42.8 Å². The van der Waals surface area contributed by atoms with E-state index in [9.17, 15) is 92.3 Å². The zero-order valence-corrected chi connectivity index (χ0v) is 40.3. The smallest absolute Gasteiger partial charge is 0.358 e. The largest absolute Gasteiger partial charge is 0.505 e. The lowest BCUT2D eigenvalue weighted by Gasteiger charge is -2.15. The van der Waals surface area contributed by atoms with Crippen molar-refractivity contribution in [1.82, 2.24) is 9.78 Å². The van der Waals surface area contributed by atoms with Crippen LogP contribution in [0.1, 0.15) is 16.1 Å². The molecule has 1 aromatic heterocycles. The number of aliphatic hydroxyl groups is 2. The molecule has 5 aromatic carbocycles. The number of ether oxygens (including phenoxy) is 3. The number of azo groups is 3. The molecular formula is C38H33N9O23S4. The Balaban J connectivity index is 1.53. The summed E-state index contributed by atoms with van der Waals surface area (Å²) in [4.78, 5) is 18.2. The minimum absolute atomic E-state index is 0.0957. The monoisotopic (exact) mass is 1110 g/mol. The quantitative estimate of drug-likeness (QED) is 0.0202. The number of methoxy groups -OCH3 is 1. The van der Waals surface area contributed by atoms with E-state index in [1.165, 1.54) is 6.92 Å². The molecule has 74 heavy (non-hydrogen) atoms. The van der Waals surface area contributed by atoms with Gasteiger partial charge in [0.25, 0.3) is 46.2 Å². The van der Waals surface area contributed by atoms with Crippen molar-refractivity contribution >= 4 is 97.0 Å². The molecule has 0 fully saturated rings. The average molecular weight is 1110 g/mol. The Kier molecular flexibility index (Phi) is 15.7. The Morgan fingerprint density at radius 3 is 1.68 bits per heavy atom. The van der Waals surface area contributed by atoms with E-state index in [1.807, 2.05) is 0 Å². The van der Waals surface area contributed by atoms with Crippen molar-refractivity contribution in [3.8, 4) is 34.6 Å². The Labute approximate surface area is 413 Å². The molecule has 1 heterocycles. The van der Waals surface area contributed by atoms with Crippen LogP contribution in [0.5, 0.6) is 28.9 Å². The number of aryl methyl sites for hydroxylation is 1. The first-order chi connectivity index (χ1) is 34.5. The van der Waals surface area contributed by atoms with Gasteiger partial charge in [-0.3, -0.25) is 28.3 Å². The number of hydrogen-bond acceptors (Lipinski definition) is 25. The van der Waals surface area contributed by atoms with Crippen LogP contribution >= 0.6 is 0 Å². The van der Waals surface area contributed by atoms with Gasteiger partial charge in [0.2, 0.25) is 11.6 Å². The summed E-state index contributed by atoms with van der Waals surface area (Å²) in [6.07, 6.45) is 0. The molecule has 0 aliphatic carbocycles. The van der Waals surface area contributed by atoms with Crippen molar-refractivity contribution in [3.05, 3.63) is 82.0 Å². The first kappa shape index (κ1) is 55.1.